The zero-order valence-electron chi connectivity index (χ0n) is 14.4. The average Bonchev–Trinajstić information content (AvgIpc) is 3.18. The van der Waals surface area contributed by atoms with Gasteiger partial charge in [-0.2, -0.15) is 9.30 Å². The van der Waals surface area contributed by atoms with Crippen molar-refractivity contribution in [2.24, 2.45) is 4.99 Å². The van der Waals surface area contributed by atoms with Crippen LogP contribution in [0.2, 0.25) is 0 Å². The fourth-order valence-electron chi connectivity index (χ4n) is 3.19. The van der Waals surface area contributed by atoms with Gasteiger partial charge in [0.25, 0.3) is 5.91 Å². The summed E-state index contributed by atoms with van der Waals surface area (Å²) in [5.41, 5.74) is 0.899. The van der Waals surface area contributed by atoms with Gasteiger partial charge in [0, 0.05) is 13.1 Å². The van der Waals surface area contributed by atoms with Gasteiger partial charge in [0.2, 0.25) is 10.0 Å². The smallest absolute Gasteiger partial charge is 0.266 e. The predicted molar refractivity (Wildman–Crippen MR) is 97.2 cm³/mol. The minimum absolute atomic E-state index is 0.374. The van der Waals surface area contributed by atoms with E-state index >= 15 is 0 Å². The second-order valence-electron chi connectivity index (χ2n) is 5.92. The standard InChI is InChI=1S/C16H21N3O4S2/c1-4-18-14-12(23-2)8-5-9-13(14)24-16(18)17-15(20)11-7-6-10-19(11)25(3,21)22/h5,8-9,11H,4,6-7,10H2,1-3H3. The number of carbonyl (C=O) groups is 1. The van der Waals surface area contributed by atoms with E-state index in [2.05, 4.69) is 4.99 Å². The number of amides is 1. The molecule has 1 saturated heterocycles. The normalized spacial score (nSPS) is 19.6. The summed E-state index contributed by atoms with van der Waals surface area (Å²) in [6.45, 7) is 2.98. The molecule has 1 amide bonds. The third-order valence-electron chi connectivity index (χ3n) is 4.32. The molecule has 1 atom stereocenters. The molecule has 25 heavy (non-hydrogen) atoms. The lowest BCUT2D eigenvalue weighted by molar-refractivity contribution is -0.121. The van der Waals surface area contributed by atoms with E-state index in [1.165, 1.54) is 15.6 Å². The minimum Gasteiger partial charge on any atom is -0.495 e. The van der Waals surface area contributed by atoms with Gasteiger partial charge in [-0.1, -0.05) is 17.4 Å². The highest BCUT2D eigenvalue weighted by Gasteiger charge is 2.36. The topological polar surface area (TPSA) is 81.0 Å². The van der Waals surface area contributed by atoms with Crippen molar-refractivity contribution in [2.45, 2.75) is 32.4 Å². The van der Waals surface area contributed by atoms with Gasteiger partial charge in [-0.15, -0.1) is 0 Å². The second-order valence-corrected chi connectivity index (χ2v) is 8.86. The summed E-state index contributed by atoms with van der Waals surface area (Å²) in [6, 6.07) is 5.02. The van der Waals surface area contributed by atoms with Crippen molar-refractivity contribution in [3.63, 3.8) is 0 Å². The molecule has 9 heteroatoms. The average molecular weight is 383 g/mol. The van der Waals surface area contributed by atoms with Crippen LogP contribution in [-0.2, 0) is 21.4 Å². The number of aromatic nitrogens is 1. The highest BCUT2D eigenvalue weighted by molar-refractivity contribution is 7.88. The van der Waals surface area contributed by atoms with Crippen molar-refractivity contribution in [1.29, 1.82) is 0 Å². The summed E-state index contributed by atoms with van der Waals surface area (Å²) in [5.74, 6) is 0.318. The lowest BCUT2D eigenvalue weighted by Gasteiger charge is -2.18. The van der Waals surface area contributed by atoms with Crippen molar-refractivity contribution in [3.8, 4) is 5.75 Å². The highest BCUT2D eigenvalue weighted by atomic mass is 32.2. The van der Waals surface area contributed by atoms with Crippen LogP contribution >= 0.6 is 11.3 Å². The van der Waals surface area contributed by atoms with Crippen molar-refractivity contribution in [1.82, 2.24) is 8.87 Å². The van der Waals surface area contributed by atoms with Crippen LogP contribution in [0.25, 0.3) is 10.2 Å². The van der Waals surface area contributed by atoms with Crippen LogP contribution in [0, 0.1) is 0 Å². The molecule has 0 spiro atoms. The van der Waals surface area contributed by atoms with Crippen LogP contribution in [0.4, 0.5) is 0 Å². The number of ether oxygens (including phenoxy) is 1. The number of nitrogens with zero attached hydrogens (tertiary/aromatic N) is 3. The van der Waals surface area contributed by atoms with Gasteiger partial charge in [0.05, 0.1) is 18.1 Å². The van der Waals surface area contributed by atoms with Gasteiger partial charge in [-0.3, -0.25) is 4.79 Å². The van der Waals surface area contributed by atoms with Gasteiger partial charge in [0.15, 0.2) is 4.80 Å². The summed E-state index contributed by atoms with van der Waals surface area (Å²) >= 11 is 1.40. The molecule has 0 aliphatic carbocycles. The number of hydrogen-bond donors (Lipinski definition) is 0. The highest BCUT2D eigenvalue weighted by Crippen LogP contribution is 2.27. The fraction of sp³-hybridized carbons (Fsp3) is 0.500. The molecule has 1 fully saturated rings. The van der Waals surface area contributed by atoms with E-state index in [0.29, 0.717) is 30.7 Å². The van der Waals surface area contributed by atoms with Crippen molar-refractivity contribution < 1.29 is 17.9 Å². The van der Waals surface area contributed by atoms with E-state index in [0.717, 1.165) is 22.2 Å². The summed E-state index contributed by atoms with van der Waals surface area (Å²) in [5, 5.41) is 0. The zero-order chi connectivity index (χ0) is 18.2. The molecule has 0 bridgehead atoms. The number of hydrogen-bond acceptors (Lipinski definition) is 5. The fourth-order valence-corrected chi connectivity index (χ4v) is 5.43. The monoisotopic (exact) mass is 383 g/mol. The number of benzene rings is 1. The van der Waals surface area contributed by atoms with E-state index in [1.54, 1.807) is 7.11 Å². The molecule has 0 N–H and O–H groups in total. The molecule has 136 valence electrons. The van der Waals surface area contributed by atoms with Crippen molar-refractivity contribution in [2.75, 3.05) is 19.9 Å². The molecule has 7 nitrogen and oxygen atoms in total. The quantitative estimate of drug-likeness (QED) is 0.803. The zero-order valence-corrected chi connectivity index (χ0v) is 16.1. The largest absolute Gasteiger partial charge is 0.495 e. The van der Waals surface area contributed by atoms with E-state index < -0.39 is 22.0 Å². The molecule has 0 saturated carbocycles. The Kier molecular flexibility index (Phi) is 4.99. The third-order valence-corrected chi connectivity index (χ3v) is 6.65. The van der Waals surface area contributed by atoms with Crippen LogP contribution in [0.3, 0.4) is 0 Å². The number of aryl methyl sites for hydroxylation is 1. The maximum Gasteiger partial charge on any atom is 0.266 e. The summed E-state index contributed by atoms with van der Waals surface area (Å²) in [6.07, 6.45) is 2.32. The first-order valence-corrected chi connectivity index (χ1v) is 10.7. The first-order chi connectivity index (χ1) is 11.9. The number of carbonyl (C=O) groups excluding carboxylic acids is 1. The van der Waals surface area contributed by atoms with Gasteiger partial charge in [0.1, 0.15) is 17.3 Å². The van der Waals surface area contributed by atoms with Crippen LogP contribution in [0.1, 0.15) is 19.8 Å². The van der Waals surface area contributed by atoms with Crippen LogP contribution < -0.4 is 9.54 Å². The Hall–Kier alpha value is -1.71. The maximum atomic E-state index is 12.7. The first-order valence-electron chi connectivity index (χ1n) is 8.08. The molecule has 2 aromatic rings. The molecule has 1 aromatic carbocycles. The molecule has 1 aliphatic heterocycles. The lowest BCUT2D eigenvalue weighted by Crippen LogP contribution is -2.39. The van der Waals surface area contributed by atoms with Gasteiger partial charge in [-0.25, -0.2) is 8.42 Å². The van der Waals surface area contributed by atoms with Crippen LogP contribution in [-0.4, -0.2) is 49.1 Å². The maximum absolute atomic E-state index is 12.7. The first kappa shape index (κ1) is 18.1. The minimum atomic E-state index is -3.41. The Balaban J connectivity index is 2.08. The van der Waals surface area contributed by atoms with Gasteiger partial charge in [-0.05, 0) is 31.9 Å². The van der Waals surface area contributed by atoms with Gasteiger partial charge < -0.3 is 9.30 Å². The van der Waals surface area contributed by atoms with E-state index in [1.807, 2.05) is 29.7 Å². The summed E-state index contributed by atoms with van der Waals surface area (Å²) < 4.78 is 33.3. The Morgan fingerprint density at radius 2 is 2.20 bits per heavy atom. The van der Waals surface area contributed by atoms with Crippen LogP contribution in [0.15, 0.2) is 23.2 Å². The molecule has 3 rings (SSSR count). The second kappa shape index (κ2) is 6.89. The van der Waals surface area contributed by atoms with E-state index in [-0.39, 0.29) is 0 Å². The number of fused-ring (bicyclic) bond motifs is 1. The number of sulfonamides is 1. The Labute approximate surface area is 150 Å². The van der Waals surface area contributed by atoms with E-state index in [4.69, 9.17) is 4.74 Å². The molecule has 0 radical (unpaired) electrons. The SMILES string of the molecule is CCn1c(=NC(=O)C2CCCN2S(C)(=O)=O)sc2cccc(OC)c21. The number of rotatable bonds is 4. The van der Waals surface area contributed by atoms with Crippen LogP contribution in [0.5, 0.6) is 5.75 Å². The van der Waals surface area contributed by atoms with Gasteiger partial charge >= 0.3 is 0 Å². The number of methoxy groups -OCH3 is 1. The molecular weight excluding hydrogens is 362 g/mol. The summed E-state index contributed by atoms with van der Waals surface area (Å²) in [4.78, 5) is 17.5. The molecule has 1 aliphatic rings. The van der Waals surface area contributed by atoms with Crippen molar-refractivity contribution in [3.05, 3.63) is 23.0 Å². The van der Waals surface area contributed by atoms with Crippen molar-refractivity contribution >= 4 is 37.5 Å². The lowest BCUT2D eigenvalue weighted by atomic mass is 10.2. The molecule has 2 heterocycles. The predicted octanol–water partition coefficient (Wildman–Crippen LogP) is 1.58. The third kappa shape index (κ3) is 3.36. The Morgan fingerprint density at radius 3 is 2.84 bits per heavy atom. The number of para-hydroxylation sites is 1. The Bertz CT molecular complexity index is 975. The van der Waals surface area contributed by atoms with E-state index in [9.17, 15) is 13.2 Å². The molecular formula is C16H21N3O4S2. The summed E-state index contributed by atoms with van der Waals surface area (Å²) in [7, 11) is -1.80. The Morgan fingerprint density at radius 1 is 1.44 bits per heavy atom. The molecule has 1 unspecified atom stereocenters. The molecule has 1 aromatic heterocycles. The number of thiazole rings is 1.